The topological polar surface area (TPSA) is 20.2 Å². The first-order valence-corrected chi connectivity index (χ1v) is 5.46. The Labute approximate surface area is 75.2 Å². The van der Waals surface area contributed by atoms with Gasteiger partial charge in [0.1, 0.15) is 0 Å². The monoisotopic (exact) mass is 168 g/mol. The Balaban J connectivity index is 2.04. The molecule has 0 aromatic carbocycles. The van der Waals surface area contributed by atoms with Crippen LogP contribution in [0.5, 0.6) is 0 Å². The molecule has 0 heterocycles. The molecule has 0 bridgehead atoms. The third-order valence-electron chi connectivity index (χ3n) is 4.13. The van der Waals surface area contributed by atoms with E-state index in [9.17, 15) is 5.11 Å². The lowest BCUT2D eigenvalue weighted by atomic mass is 9.62. The molecule has 1 N–H and O–H groups in total. The van der Waals surface area contributed by atoms with Crippen molar-refractivity contribution in [2.24, 2.45) is 11.8 Å². The molecule has 0 aromatic heterocycles. The van der Waals surface area contributed by atoms with Crippen molar-refractivity contribution in [3.63, 3.8) is 0 Å². The van der Waals surface area contributed by atoms with Gasteiger partial charge in [-0.1, -0.05) is 26.2 Å². The van der Waals surface area contributed by atoms with Crippen LogP contribution < -0.4 is 0 Å². The van der Waals surface area contributed by atoms with Crippen molar-refractivity contribution >= 4 is 0 Å². The van der Waals surface area contributed by atoms with Crippen molar-refractivity contribution < 1.29 is 5.11 Å². The molecule has 0 spiro atoms. The Bertz CT molecular complexity index is 158. The summed E-state index contributed by atoms with van der Waals surface area (Å²) in [5, 5.41) is 10.5. The van der Waals surface area contributed by atoms with E-state index in [0.29, 0.717) is 11.8 Å². The fourth-order valence-electron chi connectivity index (χ4n) is 2.87. The summed E-state index contributed by atoms with van der Waals surface area (Å²) in [5.74, 6) is 1.20. The van der Waals surface area contributed by atoms with Crippen molar-refractivity contribution in [1.82, 2.24) is 0 Å². The van der Waals surface area contributed by atoms with Gasteiger partial charge in [-0.05, 0) is 37.5 Å². The van der Waals surface area contributed by atoms with Crippen molar-refractivity contribution in [2.75, 3.05) is 0 Å². The van der Waals surface area contributed by atoms with Gasteiger partial charge >= 0.3 is 0 Å². The van der Waals surface area contributed by atoms with Crippen molar-refractivity contribution in [3.05, 3.63) is 0 Å². The van der Waals surface area contributed by atoms with Crippen LogP contribution in [0.1, 0.15) is 51.9 Å². The maximum atomic E-state index is 10.5. The van der Waals surface area contributed by atoms with Crippen LogP contribution in [0.3, 0.4) is 0 Å². The molecule has 2 aliphatic carbocycles. The standard InChI is InChI=1S/C11H20O/c1-9-5-2-3-8-11(9,12)10-6-4-7-10/h9-10,12H,2-8H2,1H3. The number of hydrogen-bond acceptors (Lipinski definition) is 1. The third kappa shape index (κ3) is 1.19. The molecule has 2 aliphatic rings. The van der Waals surface area contributed by atoms with E-state index >= 15 is 0 Å². The zero-order valence-electron chi connectivity index (χ0n) is 8.05. The second kappa shape index (κ2) is 3.02. The van der Waals surface area contributed by atoms with Crippen LogP contribution in [-0.4, -0.2) is 10.7 Å². The summed E-state index contributed by atoms with van der Waals surface area (Å²) in [4.78, 5) is 0. The SMILES string of the molecule is CC1CCCCC1(O)C1CCC1. The molecule has 0 aromatic rings. The van der Waals surface area contributed by atoms with Crippen LogP contribution in [0.2, 0.25) is 0 Å². The van der Waals surface area contributed by atoms with Gasteiger partial charge in [-0.3, -0.25) is 0 Å². The molecule has 1 nitrogen and oxygen atoms in total. The van der Waals surface area contributed by atoms with Crippen molar-refractivity contribution in [1.29, 1.82) is 0 Å². The van der Waals surface area contributed by atoms with Gasteiger partial charge in [0.2, 0.25) is 0 Å². The summed E-state index contributed by atoms with van der Waals surface area (Å²) in [7, 11) is 0. The fourth-order valence-corrected chi connectivity index (χ4v) is 2.87. The minimum Gasteiger partial charge on any atom is -0.389 e. The maximum Gasteiger partial charge on any atom is 0.0701 e. The quantitative estimate of drug-likeness (QED) is 0.638. The average molecular weight is 168 g/mol. The molecule has 0 saturated heterocycles. The van der Waals surface area contributed by atoms with Crippen molar-refractivity contribution in [2.45, 2.75) is 57.5 Å². The highest BCUT2D eigenvalue weighted by Gasteiger charge is 2.44. The van der Waals surface area contributed by atoms with E-state index < -0.39 is 0 Å². The molecule has 1 heteroatoms. The molecule has 2 rings (SSSR count). The van der Waals surface area contributed by atoms with Crippen LogP contribution in [0.4, 0.5) is 0 Å². The molecule has 2 unspecified atom stereocenters. The van der Waals surface area contributed by atoms with E-state index in [1.165, 1.54) is 38.5 Å². The Morgan fingerprint density at radius 2 is 1.83 bits per heavy atom. The summed E-state index contributed by atoms with van der Waals surface area (Å²) >= 11 is 0. The predicted octanol–water partition coefficient (Wildman–Crippen LogP) is 2.73. The molecular weight excluding hydrogens is 148 g/mol. The van der Waals surface area contributed by atoms with E-state index in [1.807, 2.05) is 0 Å². The zero-order valence-corrected chi connectivity index (χ0v) is 8.05. The first kappa shape index (κ1) is 8.55. The van der Waals surface area contributed by atoms with Gasteiger partial charge in [-0.2, -0.15) is 0 Å². The van der Waals surface area contributed by atoms with Gasteiger partial charge in [0.05, 0.1) is 5.60 Å². The summed E-state index contributed by atoms with van der Waals surface area (Å²) in [6.07, 6.45) is 8.79. The second-order valence-electron chi connectivity index (χ2n) is 4.77. The third-order valence-corrected chi connectivity index (χ3v) is 4.13. The Morgan fingerprint density at radius 1 is 1.08 bits per heavy atom. The highest BCUT2D eigenvalue weighted by Crippen LogP contribution is 2.46. The molecule has 0 amide bonds. The average Bonchev–Trinajstić information content (AvgIpc) is 1.92. The van der Waals surface area contributed by atoms with Crippen molar-refractivity contribution in [3.8, 4) is 0 Å². The minimum absolute atomic E-state index is 0.267. The maximum absolute atomic E-state index is 10.5. The highest BCUT2D eigenvalue weighted by molar-refractivity contribution is 4.96. The molecule has 0 aliphatic heterocycles. The number of rotatable bonds is 1. The molecule has 70 valence electrons. The van der Waals surface area contributed by atoms with Gasteiger partial charge < -0.3 is 5.11 Å². The van der Waals surface area contributed by atoms with Crippen LogP contribution in [-0.2, 0) is 0 Å². The van der Waals surface area contributed by atoms with Gasteiger partial charge in [-0.25, -0.2) is 0 Å². The molecular formula is C11H20O. The van der Waals surface area contributed by atoms with E-state index in [2.05, 4.69) is 6.92 Å². The summed E-state index contributed by atoms with van der Waals surface area (Å²) in [5.41, 5.74) is -0.267. The van der Waals surface area contributed by atoms with Gasteiger partial charge in [0.25, 0.3) is 0 Å². The lowest BCUT2D eigenvalue weighted by Gasteiger charge is -2.48. The van der Waals surface area contributed by atoms with Crippen LogP contribution >= 0.6 is 0 Å². The minimum atomic E-state index is -0.267. The first-order valence-electron chi connectivity index (χ1n) is 5.46. The summed E-state index contributed by atoms with van der Waals surface area (Å²) in [6.45, 7) is 2.23. The zero-order chi connectivity index (χ0) is 8.60. The lowest BCUT2D eigenvalue weighted by Crippen LogP contribution is -2.48. The number of aliphatic hydroxyl groups is 1. The Hall–Kier alpha value is -0.0400. The normalized spacial score (nSPS) is 44.0. The predicted molar refractivity (Wildman–Crippen MR) is 49.9 cm³/mol. The largest absolute Gasteiger partial charge is 0.389 e. The van der Waals surface area contributed by atoms with E-state index in [0.717, 1.165) is 6.42 Å². The van der Waals surface area contributed by atoms with E-state index in [-0.39, 0.29) is 5.60 Å². The molecule has 0 radical (unpaired) electrons. The van der Waals surface area contributed by atoms with Crippen LogP contribution in [0.25, 0.3) is 0 Å². The van der Waals surface area contributed by atoms with Crippen LogP contribution in [0.15, 0.2) is 0 Å². The molecule has 12 heavy (non-hydrogen) atoms. The van der Waals surface area contributed by atoms with Gasteiger partial charge in [-0.15, -0.1) is 0 Å². The van der Waals surface area contributed by atoms with Crippen LogP contribution in [0, 0.1) is 11.8 Å². The second-order valence-corrected chi connectivity index (χ2v) is 4.77. The fraction of sp³-hybridized carbons (Fsp3) is 1.00. The highest BCUT2D eigenvalue weighted by atomic mass is 16.3. The number of hydrogen-bond donors (Lipinski definition) is 1. The molecule has 2 atom stereocenters. The van der Waals surface area contributed by atoms with Gasteiger partial charge in [0.15, 0.2) is 0 Å². The van der Waals surface area contributed by atoms with Gasteiger partial charge in [0, 0.05) is 0 Å². The van der Waals surface area contributed by atoms with E-state index in [4.69, 9.17) is 0 Å². The summed E-state index contributed by atoms with van der Waals surface area (Å²) < 4.78 is 0. The lowest BCUT2D eigenvalue weighted by molar-refractivity contribution is -0.112. The first-order chi connectivity index (χ1) is 5.73. The summed E-state index contributed by atoms with van der Waals surface area (Å²) in [6, 6.07) is 0. The Morgan fingerprint density at radius 3 is 2.33 bits per heavy atom. The smallest absolute Gasteiger partial charge is 0.0701 e. The molecule has 2 fully saturated rings. The van der Waals surface area contributed by atoms with E-state index in [1.54, 1.807) is 0 Å². The Kier molecular flexibility index (Phi) is 2.16. The molecule has 2 saturated carbocycles.